The van der Waals surface area contributed by atoms with Crippen molar-refractivity contribution in [1.29, 1.82) is 0 Å². The van der Waals surface area contributed by atoms with Gasteiger partial charge in [-0.2, -0.15) is 0 Å². The number of amides is 3. The molecule has 6 nitrogen and oxygen atoms in total. The van der Waals surface area contributed by atoms with E-state index in [1.165, 1.54) is 0 Å². The highest BCUT2D eigenvalue weighted by atomic mass is 16.5. The molecule has 0 aromatic heterocycles. The summed E-state index contributed by atoms with van der Waals surface area (Å²) in [5, 5.41) is 2.83. The molecular formula is C19H24N2O4. The maximum absolute atomic E-state index is 12.8. The second-order valence-corrected chi connectivity index (χ2v) is 7.09. The Bertz CT molecular complexity index is 685. The van der Waals surface area contributed by atoms with Crippen LogP contribution in [0.2, 0.25) is 0 Å². The fourth-order valence-electron chi connectivity index (χ4n) is 3.66. The first kappa shape index (κ1) is 17.5. The van der Waals surface area contributed by atoms with Crippen LogP contribution in [0.1, 0.15) is 43.7 Å². The number of esters is 1. The van der Waals surface area contributed by atoms with Gasteiger partial charge in [0.25, 0.3) is 5.91 Å². The molecule has 0 unspecified atom stereocenters. The van der Waals surface area contributed by atoms with Crippen molar-refractivity contribution in [2.24, 2.45) is 5.92 Å². The molecule has 1 aliphatic carbocycles. The van der Waals surface area contributed by atoms with Gasteiger partial charge in [0, 0.05) is 0 Å². The molecule has 134 valence electrons. The van der Waals surface area contributed by atoms with Crippen molar-refractivity contribution in [3.05, 3.63) is 35.4 Å². The molecule has 1 N–H and O–H groups in total. The number of nitrogens with zero attached hydrogens (tertiary/aromatic N) is 1. The standard InChI is InChI=1S/C19H24N2O4/c1-13-6-8-15(9-7-13)12-25-16(22)11-21-17(23)19(20-18(21)24)10-4-3-5-14(19)2/h6-9,14H,3-5,10-12H2,1-2H3,(H,20,24)/t14-,19+/m0/s1. The molecule has 1 spiro atoms. The highest BCUT2D eigenvalue weighted by molar-refractivity contribution is 6.08. The van der Waals surface area contributed by atoms with E-state index in [-0.39, 0.29) is 25.0 Å². The number of urea groups is 1. The lowest BCUT2D eigenvalue weighted by Gasteiger charge is -2.36. The minimum Gasteiger partial charge on any atom is -0.459 e. The normalized spacial score (nSPS) is 26.0. The molecule has 3 amide bonds. The van der Waals surface area contributed by atoms with Gasteiger partial charge in [-0.1, -0.05) is 49.6 Å². The number of hydrogen-bond donors (Lipinski definition) is 1. The molecule has 1 aromatic carbocycles. The van der Waals surface area contributed by atoms with Crippen LogP contribution in [0.25, 0.3) is 0 Å². The fraction of sp³-hybridized carbons (Fsp3) is 0.526. The third-order valence-electron chi connectivity index (χ3n) is 5.31. The molecule has 6 heteroatoms. The monoisotopic (exact) mass is 344 g/mol. The molecule has 3 rings (SSSR count). The number of rotatable bonds is 4. The van der Waals surface area contributed by atoms with E-state index >= 15 is 0 Å². The molecule has 0 bridgehead atoms. The van der Waals surface area contributed by atoms with E-state index < -0.39 is 17.5 Å². The summed E-state index contributed by atoms with van der Waals surface area (Å²) in [7, 11) is 0. The van der Waals surface area contributed by atoms with Crippen LogP contribution in [0.15, 0.2) is 24.3 Å². The second kappa shape index (κ2) is 6.86. The number of nitrogens with one attached hydrogen (secondary N) is 1. The number of benzene rings is 1. The maximum atomic E-state index is 12.8. The van der Waals surface area contributed by atoms with Crippen LogP contribution < -0.4 is 5.32 Å². The molecule has 2 atom stereocenters. The van der Waals surface area contributed by atoms with Gasteiger partial charge in [0.2, 0.25) is 0 Å². The number of ether oxygens (including phenoxy) is 1. The van der Waals surface area contributed by atoms with Gasteiger partial charge in [0.15, 0.2) is 0 Å². The molecule has 1 saturated heterocycles. The van der Waals surface area contributed by atoms with Crippen LogP contribution in [0, 0.1) is 12.8 Å². The maximum Gasteiger partial charge on any atom is 0.326 e. The quantitative estimate of drug-likeness (QED) is 0.673. The van der Waals surface area contributed by atoms with E-state index in [1.807, 2.05) is 38.1 Å². The van der Waals surface area contributed by atoms with Gasteiger partial charge in [-0.3, -0.25) is 14.5 Å². The van der Waals surface area contributed by atoms with Gasteiger partial charge in [0.05, 0.1) is 0 Å². The third-order valence-corrected chi connectivity index (χ3v) is 5.31. The zero-order chi connectivity index (χ0) is 18.0. The lowest BCUT2D eigenvalue weighted by atomic mass is 9.73. The average Bonchev–Trinajstić information content (AvgIpc) is 2.82. The Hall–Kier alpha value is -2.37. The number of hydrogen-bond acceptors (Lipinski definition) is 4. The van der Waals surface area contributed by atoms with E-state index in [1.54, 1.807) is 0 Å². The molecule has 1 aliphatic heterocycles. The van der Waals surface area contributed by atoms with E-state index in [4.69, 9.17) is 4.74 Å². The van der Waals surface area contributed by atoms with Crippen LogP contribution in [-0.2, 0) is 20.9 Å². The van der Waals surface area contributed by atoms with Crippen LogP contribution >= 0.6 is 0 Å². The molecule has 1 aromatic rings. The predicted molar refractivity (Wildman–Crippen MR) is 91.6 cm³/mol. The first-order chi connectivity index (χ1) is 11.9. The molecule has 2 fully saturated rings. The zero-order valence-corrected chi connectivity index (χ0v) is 14.7. The Labute approximate surface area is 147 Å². The van der Waals surface area contributed by atoms with E-state index in [2.05, 4.69) is 5.32 Å². The Morgan fingerprint density at radius 3 is 2.68 bits per heavy atom. The minimum absolute atomic E-state index is 0.0753. The molecule has 2 aliphatic rings. The molecular weight excluding hydrogens is 320 g/mol. The summed E-state index contributed by atoms with van der Waals surface area (Å²) in [6.45, 7) is 3.75. The summed E-state index contributed by atoms with van der Waals surface area (Å²) in [6.07, 6.45) is 3.50. The van der Waals surface area contributed by atoms with Crippen molar-refractivity contribution in [3.8, 4) is 0 Å². The van der Waals surface area contributed by atoms with Crippen molar-refractivity contribution in [3.63, 3.8) is 0 Å². The van der Waals surface area contributed by atoms with Crippen LogP contribution in [0.5, 0.6) is 0 Å². The largest absolute Gasteiger partial charge is 0.459 e. The van der Waals surface area contributed by atoms with E-state index in [9.17, 15) is 14.4 Å². The Morgan fingerprint density at radius 2 is 2.00 bits per heavy atom. The number of carbonyl (C=O) groups is 3. The van der Waals surface area contributed by atoms with Crippen LogP contribution in [0.3, 0.4) is 0 Å². The Kier molecular flexibility index (Phi) is 4.79. The highest BCUT2D eigenvalue weighted by Gasteiger charge is 2.55. The topological polar surface area (TPSA) is 75.7 Å². The van der Waals surface area contributed by atoms with Crippen molar-refractivity contribution in [1.82, 2.24) is 10.2 Å². The van der Waals surface area contributed by atoms with Crippen molar-refractivity contribution < 1.29 is 19.1 Å². The summed E-state index contributed by atoms with van der Waals surface area (Å²) >= 11 is 0. The second-order valence-electron chi connectivity index (χ2n) is 7.09. The number of imide groups is 1. The first-order valence-electron chi connectivity index (χ1n) is 8.77. The van der Waals surface area contributed by atoms with Crippen LogP contribution in [-0.4, -0.2) is 34.9 Å². The molecule has 25 heavy (non-hydrogen) atoms. The summed E-state index contributed by atoms with van der Waals surface area (Å²) in [5.74, 6) is -0.798. The fourth-order valence-corrected chi connectivity index (χ4v) is 3.66. The van der Waals surface area contributed by atoms with Gasteiger partial charge in [-0.05, 0) is 31.2 Å². The van der Waals surface area contributed by atoms with Gasteiger partial charge in [0.1, 0.15) is 18.7 Å². The van der Waals surface area contributed by atoms with Gasteiger partial charge in [-0.25, -0.2) is 4.79 Å². The van der Waals surface area contributed by atoms with Crippen molar-refractivity contribution >= 4 is 17.9 Å². The van der Waals surface area contributed by atoms with Crippen molar-refractivity contribution in [2.45, 2.75) is 51.7 Å². The summed E-state index contributed by atoms with van der Waals surface area (Å²) in [6, 6.07) is 7.15. The minimum atomic E-state index is -0.841. The molecule has 1 saturated carbocycles. The van der Waals surface area contributed by atoms with Crippen LogP contribution in [0.4, 0.5) is 4.79 Å². The summed E-state index contributed by atoms with van der Waals surface area (Å²) in [5.41, 5.74) is 1.15. The van der Waals surface area contributed by atoms with Gasteiger partial charge in [-0.15, -0.1) is 0 Å². The Morgan fingerprint density at radius 1 is 1.28 bits per heavy atom. The highest BCUT2D eigenvalue weighted by Crippen LogP contribution is 2.38. The van der Waals surface area contributed by atoms with Crippen molar-refractivity contribution in [2.75, 3.05) is 6.54 Å². The van der Waals surface area contributed by atoms with Gasteiger partial charge < -0.3 is 10.1 Å². The summed E-state index contributed by atoms with van der Waals surface area (Å²) < 4.78 is 5.22. The van der Waals surface area contributed by atoms with E-state index in [0.29, 0.717) is 6.42 Å². The lowest BCUT2D eigenvalue weighted by Crippen LogP contribution is -2.54. The summed E-state index contributed by atoms with van der Waals surface area (Å²) in [4.78, 5) is 38.1. The van der Waals surface area contributed by atoms with E-state index in [0.717, 1.165) is 35.3 Å². The zero-order valence-electron chi connectivity index (χ0n) is 14.7. The smallest absolute Gasteiger partial charge is 0.326 e. The predicted octanol–water partition coefficient (Wildman–Crippen LogP) is 2.54. The average molecular weight is 344 g/mol. The molecule has 1 heterocycles. The Balaban J connectivity index is 1.60. The number of carbonyl (C=O) groups excluding carboxylic acids is 3. The first-order valence-corrected chi connectivity index (χ1v) is 8.77. The van der Waals surface area contributed by atoms with Gasteiger partial charge >= 0.3 is 12.0 Å². The SMILES string of the molecule is Cc1ccc(COC(=O)CN2C(=O)N[C@@]3(CCCC[C@@H]3C)C2=O)cc1. The number of aryl methyl sites for hydroxylation is 1. The third kappa shape index (κ3) is 3.38. The molecule has 0 radical (unpaired) electrons. The lowest BCUT2D eigenvalue weighted by molar-refractivity contribution is -0.149.